The molecule has 1 heterocycles. The van der Waals surface area contributed by atoms with Crippen LogP contribution in [0.1, 0.15) is 5.56 Å². The van der Waals surface area contributed by atoms with Crippen molar-refractivity contribution < 1.29 is 9.18 Å². The monoisotopic (exact) mass is 433 g/mol. The fourth-order valence-electron chi connectivity index (χ4n) is 2.36. The Kier molecular flexibility index (Phi) is 6.11. The molecule has 0 saturated heterocycles. The number of carbonyl (C=O) groups is 1. The molecule has 0 aliphatic carbocycles. The molecule has 1 aromatic heterocycles. The number of carbonyl (C=O) groups excluding carboxylic acids is 1. The summed E-state index contributed by atoms with van der Waals surface area (Å²) in [5.74, 6) is -0.150. The van der Waals surface area contributed by atoms with E-state index in [1.807, 2.05) is 24.3 Å². The maximum Gasteiger partial charge on any atom is 0.233 e. The molecular weight excluding hydrogens is 417 g/mol. The minimum atomic E-state index is -0.301. The molecule has 1 amide bonds. The van der Waals surface area contributed by atoms with Gasteiger partial charge in [-0.3, -0.25) is 4.79 Å². The van der Waals surface area contributed by atoms with Gasteiger partial charge in [-0.1, -0.05) is 58.0 Å². The Bertz CT molecular complexity index is 898. The Morgan fingerprint density at radius 1 is 1.23 bits per heavy atom. The van der Waals surface area contributed by atoms with Crippen LogP contribution in [0.2, 0.25) is 0 Å². The lowest BCUT2D eigenvalue weighted by Crippen LogP contribution is -2.28. The summed E-state index contributed by atoms with van der Waals surface area (Å²) in [7, 11) is 1.67. The Morgan fingerprint density at radius 2 is 1.96 bits per heavy atom. The number of rotatable bonds is 6. The number of nitrogens with one attached hydrogen (secondary N) is 1. The van der Waals surface area contributed by atoms with E-state index in [0.717, 1.165) is 15.7 Å². The highest BCUT2D eigenvalue weighted by atomic mass is 79.9. The molecule has 0 spiro atoms. The van der Waals surface area contributed by atoms with Crippen LogP contribution < -0.4 is 0 Å². The second-order valence-electron chi connectivity index (χ2n) is 5.74. The molecule has 0 saturated carbocycles. The van der Waals surface area contributed by atoms with Gasteiger partial charge in [0.1, 0.15) is 5.82 Å². The van der Waals surface area contributed by atoms with Crippen LogP contribution in [-0.4, -0.2) is 33.6 Å². The molecule has 4 nitrogen and oxygen atoms in total. The number of hydrogen-bond donors (Lipinski definition) is 1. The van der Waals surface area contributed by atoms with Crippen LogP contribution in [0.15, 0.2) is 64.4 Å². The third-order valence-electron chi connectivity index (χ3n) is 3.83. The quantitative estimate of drug-likeness (QED) is 0.571. The molecule has 3 rings (SSSR count). The van der Waals surface area contributed by atoms with Gasteiger partial charge in [0, 0.05) is 23.6 Å². The minimum Gasteiger partial charge on any atom is -0.341 e. The minimum absolute atomic E-state index is 0.0835. The highest BCUT2D eigenvalue weighted by molar-refractivity contribution is 9.10. The van der Waals surface area contributed by atoms with E-state index in [1.165, 1.54) is 22.7 Å². The van der Waals surface area contributed by atoms with Crippen molar-refractivity contribution in [3.63, 3.8) is 0 Å². The summed E-state index contributed by atoms with van der Waals surface area (Å²) in [6, 6.07) is 14.4. The van der Waals surface area contributed by atoms with E-state index in [9.17, 15) is 9.18 Å². The van der Waals surface area contributed by atoms with Crippen LogP contribution in [0.5, 0.6) is 0 Å². The van der Waals surface area contributed by atoms with Crippen molar-refractivity contribution in [2.45, 2.75) is 11.7 Å². The number of aromatic nitrogens is 2. The molecule has 134 valence electrons. The summed E-state index contributed by atoms with van der Waals surface area (Å²) >= 11 is 4.74. The van der Waals surface area contributed by atoms with E-state index in [0.29, 0.717) is 10.7 Å². The molecule has 3 aromatic rings. The van der Waals surface area contributed by atoms with Gasteiger partial charge in [-0.25, -0.2) is 9.37 Å². The lowest BCUT2D eigenvalue weighted by atomic mass is 10.2. The van der Waals surface area contributed by atoms with E-state index in [2.05, 4.69) is 25.9 Å². The first-order valence-electron chi connectivity index (χ1n) is 7.94. The summed E-state index contributed by atoms with van der Waals surface area (Å²) in [5, 5.41) is 0.676. The van der Waals surface area contributed by atoms with Crippen molar-refractivity contribution >= 4 is 33.6 Å². The molecule has 26 heavy (non-hydrogen) atoms. The lowest BCUT2D eigenvalue weighted by Gasteiger charge is -2.17. The van der Waals surface area contributed by atoms with Crippen molar-refractivity contribution in [2.24, 2.45) is 0 Å². The van der Waals surface area contributed by atoms with E-state index in [4.69, 9.17) is 0 Å². The number of halogens is 2. The van der Waals surface area contributed by atoms with Crippen molar-refractivity contribution in [2.75, 3.05) is 12.8 Å². The number of hydrogen-bond acceptors (Lipinski definition) is 3. The second kappa shape index (κ2) is 8.51. The van der Waals surface area contributed by atoms with Gasteiger partial charge in [0.05, 0.1) is 17.6 Å². The zero-order valence-corrected chi connectivity index (χ0v) is 16.5. The Morgan fingerprint density at radius 3 is 2.69 bits per heavy atom. The number of H-pyrrole nitrogens is 1. The molecule has 0 aliphatic rings. The Labute approximate surface area is 164 Å². The fraction of sp³-hybridized carbons (Fsp3) is 0.158. The molecular formula is C19H17BrFN3OS. The summed E-state index contributed by atoms with van der Waals surface area (Å²) in [4.78, 5) is 21.3. The molecule has 2 aromatic carbocycles. The fourth-order valence-corrected chi connectivity index (χ4v) is 3.42. The lowest BCUT2D eigenvalue weighted by molar-refractivity contribution is -0.127. The number of thioether (sulfide) groups is 1. The summed E-state index contributed by atoms with van der Waals surface area (Å²) in [6.07, 6.45) is 1.75. The van der Waals surface area contributed by atoms with Crippen LogP contribution >= 0.6 is 27.7 Å². The van der Waals surface area contributed by atoms with Gasteiger partial charge < -0.3 is 9.88 Å². The summed E-state index contributed by atoms with van der Waals surface area (Å²) in [6.45, 7) is 0.244. The molecule has 1 N–H and O–H groups in total. The van der Waals surface area contributed by atoms with E-state index >= 15 is 0 Å². The zero-order valence-electron chi connectivity index (χ0n) is 14.1. The van der Waals surface area contributed by atoms with Crippen LogP contribution in [0.25, 0.3) is 11.3 Å². The van der Waals surface area contributed by atoms with Crippen LogP contribution in [0.3, 0.4) is 0 Å². The normalized spacial score (nSPS) is 10.7. The first-order valence-corrected chi connectivity index (χ1v) is 9.72. The van der Waals surface area contributed by atoms with E-state index in [-0.39, 0.29) is 24.0 Å². The SMILES string of the molecule is CN(Cc1ccccc1F)C(=O)CSc1ncc(-c2ccc(Br)cc2)[nH]1. The van der Waals surface area contributed by atoms with Crippen molar-refractivity contribution in [1.29, 1.82) is 0 Å². The van der Waals surface area contributed by atoms with Crippen molar-refractivity contribution in [1.82, 2.24) is 14.9 Å². The predicted molar refractivity (Wildman–Crippen MR) is 105 cm³/mol. The van der Waals surface area contributed by atoms with Gasteiger partial charge in [-0.15, -0.1) is 0 Å². The van der Waals surface area contributed by atoms with Gasteiger partial charge in [0.2, 0.25) is 5.91 Å². The predicted octanol–water partition coefficient (Wildman–Crippen LogP) is 4.73. The van der Waals surface area contributed by atoms with Gasteiger partial charge in [-0.2, -0.15) is 0 Å². The molecule has 0 unspecified atom stereocenters. The van der Waals surface area contributed by atoms with E-state index < -0.39 is 0 Å². The van der Waals surface area contributed by atoms with Gasteiger partial charge >= 0.3 is 0 Å². The third kappa shape index (κ3) is 4.74. The zero-order chi connectivity index (χ0) is 18.5. The number of benzene rings is 2. The molecule has 0 radical (unpaired) electrons. The standard InChI is InChI=1S/C19H17BrFN3OS/c1-24(11-14-4-2-3-5-16(14)21)18(25)12-26-19-22-10-17(23-19)13-6-8-15(20)9-7-13/h2-10H,11-12H2,1H3,(H,22,23). The van der Waals surface area contributed by atoms with Crippen LogP contribution in [0.4, 0.5) is 4.39 Å². The highest BCUT2D eigenvalue weighted by Crippen LogP contribution is 2.23. The van der Waals surface area contributed by atoms with Crippen LogP contribution in [0, 0.1) is 5.82 Å². The topological polar surface area (TPSA) is 49.0 Å². The maximum atomic E-state index is 13.7. The van der Waals surface area contributed by atoms with Gasteiger partial charge in [0.25, 0.3) is 0 Å². The van der Waals surface area contributed by atoms with E-state index in [1.54, 1.807) is 31.4 Å². The smallest absolute Gasteiger partial charge is 0.233 e. The van der Waals surface area contributed by atoms with Crippen molar-refractivity contribution in [3.05, 3.63) is 70.6 Å². The average molecular weight is 434 g/mol. The third-order valence-corrected chi connectivity index (χ3v) is 5.23. The molecule has 7 heteroatoms. The van der Waals surface area contributed by atoms with Gasteiger partial charge in [-0.05, 0) is 23.8 Å². The second-order valence-corrected chi connectivity index (χ2v) is 7.62. The Balaban J connectivity index is 1.56. The first kappa shape index (κ1) is 18.7. The van der Waals surface area contributed by atoms with Crippen molar-refractivity contribution in [3.8, 4) is 11.3 Å². The number of nitrogens with zero attached hydrogens (tertiary/aromatic N) is 2. The highest BCUT2D eigenvalue weighted by Gasteiger charge is 2.13. The summed E-state index contributed by atoms with van der Waals surface area (Å²) in [5.41, 5.74) is 2.42. The molecule has 0 fully saturated rings. The largest absolute Gasteiger partial charge is 0.341 e. The summed E-state index contributed by atoms with van der Waals surface area (Å²) < 4.78 is 14.7. The maximum absolute atomic E-state index is 13.7. The Hall–Kier alpha value is -2.12. The number of amides is 1. The van der Waals surface area contributed by atoms with Crippen LogP contribution in [-0.2, 0) is 11.3 Å². The number of aromatic amines is 1. The molecule has 0 bridgehead atoms. The van der Waals surface area contributed by atoms with Gasteiger partial charge in [0.15, 0.2) is 5.16 Å². The average Bonchev–Trinajstić information content (AvgIpc) is 3.11. The molecule has 0 atom stereocenters. The molecule has 0 aliphatic heterocycles. The first-order chi connectivity index (χ1) is 12.5. The number of imidazole rings is 1.